The molecule has 1 rings (SSSR count). The molecule has 0 aliphatic rings. The van der Waals surface area contributed by atoms with Crippen LogP contribution in [-0.2, 0) is 0 Å². The summed E-state index contributed by atoms with van der Waals surface area (Å²) in [5.74, 6) is 0.623. The summed E-state index contributed by atoms with van der Waals surface area (Å²) in [6, 6.07) is 10.9. The van der Waals surface area contributed by atoms with E-state index in [1.165, 1.54) is 11.1 Å². The van der Waals surface area contributed by atoms with Gasteiger partial charge in [0.1, 0.15) is 0 Å². The largest absolute Gasteiger partial charge is 0.198 e. The Morgan fingerprint density at radius 3 is 2.80 bits per heavy atom. The molecule has 1 heteroatoms. The molecule has 1 aromatic carbocycles. The van der Waals surface area contributed by atoms with Crippen LogP contribution in [-0.4, -0.2) is 0 Å². The molecule has 0 saturated carbocycles. The Bertz CT molecular complexity index is 335. The summed E-state index contributed by atoms with van der Waals surface area (Å²) in [5.41, 5.74) is 2.75. The van der Waals surface area contributed by atoms with Crippen LogP contribution >= 0.6 is 0 Å². The van der Waals surface area contributed by atoms with Gasteiger partial charge in [0.25, 0.3) is 0 Å². The van der Waals surface area contributed by atoms with Crippen LogP contribution in [0, 0.1) is 18.3 Å². The van der Waals surface area contributed by atoms with E-state index in [-0.39, 0.29) is 0 Å². The van der Waals surface area contributed by atoms with Crippen molar-refractivity contribution in [2.24, 2.45) is 0 Å². The van der Waals surface area contributed by atoms with Crippen molar-refractivity contribution in [3.63, 3.8) is 0 Å². The molecule has 1 nitrogen and oxygen atoms in total. The zero-order chi connectivity index (χ0) is 11.1. The standard InChI is InChI=1S/C14H19N/c1-3-13(8-4-5-10-15)14-9-6-7-12(2)11-14/h6-7,9,11,13H,3-5,8H2,1-2H3. The minimum Gasteiger partial charge on any atom is -0.198 e. The molecule has 0 radical (unpaired) electrons. The quantitative estimate of drug-likeness (QED) is 0.655. The molecule has 0 aliphatic carbocycles. The normalized spacial score (nSPS) is 12.1. The fourth-order valence-electron chi connectivity index (χ4n) is 1.96. The van der Waals surface area contributed by atoms with E-state index in [4.69, 9.17) is 5.26 Å². The molecule has 0 amide bonds. The van der Waals surface area contributed by atoms with E-state index >= 15 is 0 Å². The van der Waals surface area contributed by atoms with Crippen LogP contribution in [0.3, 0.4) is 0 Å². The number of aryl methyl sites for hydroxylation is 1. The maximum Gasteiger partial charge on any atom is 0.0621 e. The van der Waals surface area contributed by atoms with Gasteiger partial charge < -0.3 is 0 Å². The molecule has 0 saturated heterocycles. The Labute approximate surface area is 92.7 Å². The van der Waals surface area contributed by atoms with Gasteiger partial charge in [0.2, 0.25) is 0 Å². The second kappa shape index (κ2) is 6.24. The highest BCUT2D eigenvalue weighted by atomic mass is 14.2. The molecule has 0 aromatic heterocycles. The second-order valence-electron chi connectivity index (χ2n) is 4.07. The topological polar surface area (TPSA) is 23.8 Å². The molecular formula is C14H19N. The molecule has 0 heterocycles. The molecule has 0 aliphatic heterocycles. The van der Waals surface area contributed by atoms with Gasteiger partial charge in [-0.25, -0.2) is 0 Å². The summed E-state index contributed by atoms with van der Waals surface area (Å²) < 4.78 is 0. The summed E-state index contributed by atoms with van der Waals surface area (Å²) in [6.45, 7) is 4.35. The van der Waals surface area contributed by atoms with E-state index in [0.29, 0.717) is 12.3 Å². The van der Waals surface area contributed by atoms with Crippen LogP contribution in [0.1, 0.15) is 49.7 Å². The minimum atomic E-state index is 0.623. The van der Waals surface area contributed by atoms with Crippen molar-refractivity contribution in [3.05, 3.63) is 35.4 Å². The number of nitriles is 1. The fraction of sp³-hybridized carbons (Fsp3) is 0.500. The van der Waals surface area contributed by atoms with Crippen LogP contribution in [0.25, 0.3) is 0 Å². The SMILES string of the molecule is CCC(CCCC#N)c1cccc(C)c1. The molecule has 0 fully saturated rings. The summed E-state index contributed by atoms with van der Waals surface area (Å²) in [6.07, 6.45) is 3.99. The monoisotopic (exact) mass is 201 g/mol. The van der Waals surface area contributed by atoms with Gasteiger partial charge in [-0.1, -0.05) is 36.8 Å². The first-order chi connectivity index (χ1) is 7.27. The fourth-order valence-corrected chi connectivity index (χ4v) is 1.96. The van der Waals surface area contributed by atoms with Gasteiger partial charge in [-0.3, -0.25) is 0 Å². The van der Waals surface area contributed by atoms with Crippen LogP contribution in [0.4, 0.5) is 0 Å². The van der Waals surface area contributed by atoms with Crippen molar-refractivity contribution in [3.8, 4) is 6.07 Å². The highest BCUT2D eigenvalue weighted by molar-refractivity contribution is 5.25. The Morgan fingerprint density at radius 2 is 2.20 bits per heavy atom. The van der Waals surface area contributed by atoms with Gasteiger partial charge in [0.15, 0.2) is 0 Å². The van der Waals surface area contributed by atoms with Gasteiger partial charge in [-0.05, 0) is 37.7 Å². The zero-order valence-corrected chi connectivity index (χ0v) is 9.66. The number of hydrogen-bond acceptors (Lipinski definition) is 1. The second-order valence-corrected chi connectivity index (χ2v) is 4.07. The van der Waals surface area contributed by atoms with Crippen LogP contribution < -0.4 is 0 Å². The van der Waals surface area contributed by atoms with E-state index in [1.54, 1.807) is 0 Å². The van der Waals surface area contributed by atoms with Crippen molar-refractivity contribution in [2.45, 2.75) is 45.4 Å². The predicted octanol–water partition coefficient (Wildman–Crippen LogP) is 4.18. The van der Waals surface area contributed by atoms with Crippen molar-refractivity contribution >= 4 is 0 Å². The Morgan fingerprint density at radius 1 is 1.40 bits per heavy atom. The predicted molar refractivity (Wildman–Crippen MR) is 63.7 cm³/mol. The summed E-state index contributed by atoms with van der Waals surface area (Å²) in [5, 5.41) is 8.52. The first-order valence-corrected chi connectivity index (χ1v) is 5.71. The molecular weight excluding hydrogens is 182 g/mol. The van der Waals surface area contributed by atoms with Gasteiger partial charge in [0, 0.05) is 6.42 Å². The van der Waals surface area contributed by atoms with E-state index in [2.05, 4.69) is 44.2 Å². The molecule has 1 atom stereocenters. The minimum absolute atomic E-state index is 0.623. The van der Waals surface area contributed by atoms with Crippen LogP contribution in [0.15, 0.2) is 24.3 Å². The van der Waals surface area contributed by atoms with Gasteiger partial charge >= 0.3 is 0 Å². The van der Waals surface area contributed by atoms with E-state index in [1.807, 2.05) is 0 Å². The number of benzene rings is 1. The molecule has 0 spiro atoms. The summed E-state index contributed by atoms with van der Waals surface area (Å²) in [4.78, 5) is 0. The Hall–Kier alpha value is -1.29. The van der Waals surface area contributed by atoms with Gasteiger partial charge in [-0.15, -0.1) is 0 Å². The molecule has 80 valence electrons. The Kier molecular flexibility index (Phi) is 4.90. The maximum absolute atomic E-state index is 8.52. The summed E-state index contributed by atoms with van der Waals surface area (Å²) >= 11 is 0. The maximum atomic E-state index is 8.52. The number of hydrogen-bond donors (Lipinski definition) is 0. The zero-order valence-electron chi connectivity index (χ0n) is 9.66. The number of unbranched alkanes of at least 4 members (excludes halogenated alkanes) is 1. The third-order valence-electron chi connectivity index (χ3n) is 2.85. The number of nitrogens with zero attached hydrogens (tertiary/aromatic N) is 1. The van der Waals surface area contributed by atoms with E-state index in [0.717, 1.165) is 19.3 Å². The van der Waals surface area contributed by atoms with E-state index < -0.39 is 0 Å². The van der Waals surface area contributed by atoms with Crippen LogP contribution in [0.5, 0.6) is 0 Å². The van der Waals surface area contributed by atoms with Crippen molar-refractivity contribution in [1.29, 1.82) is 5.26 Å². The average molecular weight is 201 g/mol. The molecule has 0 bridgehead atoms. The first-order valence-electron chi connectivity index (χ1n) is 5.71. The van der Waals surface area contributed by atoms with Crippen molar-refractivity contribution in [1.82, 2.24) is 0 Å². The van der Waals surface area contributed by atoms with Crippen molar-refractivity contribution in [2.75, 3.05) is 0 Å². The number of rotatable bonds is 5. The molecule has 0 N–H and O–H groups in total. The first kappa shape index (κ1) is 11.8. The van der Waals surface area contributed by atoms with Crippen LogP contribution in [0.2, 0.25) is 0 Å². The highest BCUT2D eigenvalue weighted by Gasteiger charge is 2.08. The third kappa shape index (κ3) is 3.75. The smallest absolute Gasteiger partial charge is 0.0621 e. The van der Waals surface area contributed by atoms with Crippen molar-refractivity contribution < 1.29 is 0 Å². The van der Waals surface area contributed by atoms with E-state index in [9.17, 15) is 0 Å². The van der Waals surface area contributed by atoms with Gasteiger partial charge in [-0.2, -0.15) is 5.26 Å². The lowest BCUT2D eigenvalue weighted by Gasteiger charge is -2.14. The molecule has 1 aromatic rings. The average Bonchev–Trinajstić information content (AvgIpc) is 2.24. The lowest BCUT2D eigenvalue weighted by molar-refractivity contribution is 0.581. The van der Waals surface area contributed by atoms with Gasteiger partial charge in [0.05, 0.1) is 6.07 Å². The lowest BCUT2D eigenvalue weighted by atomic mass is 9.90. The summed E-state index contributed by atoms with van der Waals surface area (Å²) in [7, 11) is 0. The Balaban J connectivity index is 2.62. The molecule has 1 unspecified atom stereocenters. The highest BCUT2D eigenvalue weighted by Crippen LogP contribution is 2.25. The third-order valence-corrected chi connectivity index (χ3v) is 2.85. The molecule has 15 heavy (non-hydrogen) atoms. The lowest BCUT2D eigenvalue weighted by Crippen LogP contribution is -1.97.